The third-order valence-corrected chi connectivity index (χ3v) is 3.63. The fourth-order valence-electron chi connectivity index (χ4n) is 2.12. The predicted molar refractivity (Wildman–Crippen MR) is 77.8 cm³/mol. The standard InChI is InChI=1S/C15H19N3O2/c1-18-15(16)12(8-17-18)11-5-6-13(19-2)14(7-11)20-9-10-3-4-10/h5-8,10H,3-4,9,16H2,1-2H3. The van der Waals surface area contributed by atoms with E-state index in [1.807, 2.05) is 25.2 Å². The number of nitrogens with two attached hydrogens (primary N) is 1. The van der Waals surface area contributed by atoms with Crippen molar-refractivity contribution in [3.8, 4) is 22.6 Å². The smallest absolute Gasteiger partial charge is 0.161 e. The van der Waals surface area contributed by atoms with Gasteiger partial charge in [0.05, 0.1) is 19.9 Å². The van der Waals surface area contributed by atoms with Crippen molar-refractivity contribution in [2.45, 2.75) is 12.8 Å². The molecule has 106 valence electrons. The molecular formula is C15H19N3O2. The van der Waals surface area contributed by atoms with Gasteiger partial charge in [-0.25, -0.2) is 0 Å². The van der Waals surface area contributed by atoms with E-state index in [-0.39, 0.29) is 0 Å². The number of methoxy groups -OCH3 is 1. The molecular weight excluding hydrogens is 254 g/mol. The number of hydrogen-bond donors (Lipinski definition) is 1. The molecule has 1 fully saturated rings. The van der Waals surface area contributed by atoms with Crippen molar-refractivity contribution >= 4 is 5.82 Å². The van der Waals surface area contributed by atoms with Gasteiger partial charge in [-0.15, -0.1) is 0 Å². The van der Waals surface area contributed by atoms with E-state index in [1.165, 1.54) is 12.8 Å². The molecule has 0 unspecified atom stereocenters. The molecule has 2 N–H and O–H groups in total. The Hall–Kier alpha value is -2.17. The van der Waals surface area contributed by atoms with Crippen LogP contribution in [0.3, 0.4) is 0 Å². The predicted octanol–water partition coefficient (Wildman–Crippen LogP) is 2.47. The van der Waals surface area contributed by atoms with E-state index in [9.17, 15) is 0 Å². The molecule has 0 radical (unpaired) electrons. The summed E-state index contributed by atoms with van der Waals surface area (Å²) < 4.78 is 12.9. The molecule has 1 heterocycles. The maximum absolute atomic E-state index is 6.02. The lowest BCUT2D eigenvalue weighted by atomic mass is 10.1. The second-order valence-electron chi connectivity index (χ2n) is 5.19. The summed E-state index contributed by atoms with van der Waals surface area (Å²) in [6.45, 7) is 0.752. The number of aryl methyl sites for hydroxylation is 1. The van der Waals surface area contributed by atoms with E-state index in [0.29, 0.717) is 11.7 Å². The van der Waals surface area contributed by atoms with Gasteiger partial charge >= 0.3 is 0 Å². The lowest BCUT2D eigenvalue weighted by molar-refractivity contribution is 0.280. The van der Waals surface area contributed by atoms with Gasteiger partial charge in [0.1, 0.15) is 5.82 Å². The molecule has 0 bridgehead atoms. The molecule has 0 amide bonds. The lowest BCUT2D eigenvalue weighted by Gasteiger charge is -2.12. The van der Waals surface area contributed by atoms with Crippen molar-refractivity contribution in [3.63, 3.8) is 0 Å². The third-order valence-electron chi connectivity index (χ3n) is 3.63. The minimum atomic E-state index is 0.642. The fraction of sp³-hybridized carbons (Fsp3) is 0.400. The summed E-state index contributed by atoms with van der Waals surface area (Å²) in [6.07, 6.45) is 4.29. The van der Waals surface area contributed by atoms with E-state index in [0.717, 1.165) is 29.2 Å². The Morgan fingerprint density at radius 3 is 2.75 bits per heavy atom. The Bertz CT molecular complexity index is 618. The monoisotopic (exact) mass is 273 g/mol. The second-order valence-corrected chi connectivity index (χ2v) is 5.19. The second kappa shape index (κ2) is 5.07. The first kappa shape index (κ1) is 12.8. The van der Waals surface area contributed by atoms with Crippen molar-refractivity contribution in [3.05, 3.63) is 24.4 Å². The summed E-state index contributed by atoms with van der Waals surface area (Å²) in [7, 11) is 3.48. The van der Waals surface area contributed by atoms with Gasteiger partial charge in [-0.2, -0.15) is 5.10 Å². The van der Waals surface area contributed by atoms with Crippen LogP contribution in [0.25, 0.3) is 11.1 Å². The lowest BCUT2D eigenvalue weighted by Crippen LogP contribution is -2.01. The van der Waals surface area contributed by atoms with Crippen LogP contribution in [0.15, 0.2) is 24.4 Å². The molecule has 20 heavy (non-hydrogen) atoms. The van der Waals surface area contributed by atoms with Gasteiger partial charge in [0.15, 0.2) is 11.5 Å². The molecule has 0 atom stereocenters. The zero-order chi connectivity index (χ0) is 14.1. The van der Waals surface area contributed by atoms with Crippen LogP contribution >= 0.6 is 0 Å². The van der Waals surface area contributed by atoms with E-state index in [2.05, 4.69) is 5.10 Å². The van der Waals surface area contributed by atoms with Crippen LogP contribution in [0.1, 0.15) is 12.8 Å². The quantitative estimate of drug-likeness (QED) is 0.909. The minimum Gasteiger partial charge on any atom is -0.493 e. The van der Waals surface area contributed by atoms with Gasteiger partial charge in [0.25, 0.3) is 0 Å². The number of ether oxygens (including phenoxy) is 2. The Balaban J connectivity index is 1.91. The highest BCUT2D eigenvalue weighted by molar-refractivity contribution is 5.75. The van der Waals surface area contributed by atoms with Gasteiger partial charge in [0.2, 0.25) is 0 Å². The van der Waals surface area contributed by atoms with E-state index < -0.39 is 0 Å². The van der Waals surface area contributed by atoms with Crippen LogP contribution in [-0.4, -0.2) is 23.5 Å². The highest BCUT2D eigenvalue weighted by atomic mass is 16.5. The van der Waals surface area contributed by atoms with Gasteiger partial charge in [-0.05, 0) is 36.5 Å². The van der Waals surface area contributed by atoms with E-state index in [4.69, 9.17) is 15.2 Å². The molecule has 2 aromatic rings. The van der Waals surface area contributed by atoms with Gasteiger partial charge in [-0.1, -0.05) is 6.07 Å². The van der Waals surface area contributed by atoms with Crippen LogP contribution in [0.2, 0.25) is 0 Å². The molecule has 1 aliphatic carbocycles. The summed E-state index contributed by atoms with van der Waals surface area (Å²) in [4.78, 5) is 0. The van der Waals surface area contributed by atoms with Crippen LogP contribution in [0.4, 0.5) is 5.82 Å². The number of anilines is 1. The zero-order valence-electron chi connectivity index (χ0n) is 11.8. The average molecular weight is 273 g/mol. The topological polar surface area (TPSA) is 62.3 Å². The number of rotatable bonds is 5. The highest BCUT2D eigenvalue weighted by Crippen LogP contribution is 2.36. The minimum absolute atomic E-state index is 0.642. The average Bonchev–Trinajstić information content (AvgIpc) is 3.23. The number of nitrogen functional groups attached to an aromatic ring is 1. The number of benzene rings is 1. The Kier molecular flexibility index (Phi) is 3.26. The Morgan fingerprint density at radius 1 is 1.35 bits per heavy atom. The van der Waals surface area contributed by atoms with E-state index in [1.54, 1.807) is 18.0 Å². The molecule has 1 saturated carbocycles. The highest BCUT2D eigenvalue weighted by Gasteiger charge is 2.22. The van der Waals surface area contributed by atoms with Crippen LogP contribution < -0.4 is 15.2 Å². The summed E-state index contributed by atoms with van der Waals surface area (Å²) in [6, 6.07) is 5.84. The molecule has 3 rings (SSSR count). The maximum Gasteiger partial charge on any atom is 0.161 e. The Labute approximate surface area is 118 Å². The zero-order valence-corrected chi connectivity index (χ0v) is 11.8. The Morgan fingerprint density at radius 2 is 2.15 bits per heavy atom. The first-order chi connectivity index (χ1) is 9.69. The normalized spacial score (nSPS) is 14.3. The molecule has 5 nitrogen and oxygen atoms in total. The van der Waals surface area contributed by atoms with E-state index >= 15 is 0 Å². The largest absolute Gasteiger partial charge is 0.493 e. The first-order valence-corrected chi connectivity index (χ1v) is 6.77. The molecule has 5 heteroatoms. The van der Waals surface area contributed by atoms with Crippen LogP contribution in [-0.2, 0) is 7.05 Å². The van der Waals surface area contributed by atoms with Crippen molar-refractivity contribution < 1.29 is 9.47 Å². The molecule has 1 aliphatic rings. The number of aromatic nitrogens is 2. The van der Waals surface area contributed by atoms with Crippen LogP contribution in [0, 0.1) is 5.92 Å². The molecule has 0 aliphatic heterocycles. The summed E-state index contributed by atoms with van der Waals surface area (Å²) in [5, 5.41) is 4.17. The SMILES string of the molecule is COc1ccc(-c2cnn(C)c2N)cc1OCC1CC1. The van der Waals surface area contributed by atoms with Gasteiger partial charge in [0, 0.05) is 12.6 Å². The van der Waals surface area contributed by atoms with Crippen LogP contribution in [0.5, 0.6) is 11.5 Å². The van der Waals surface area contributed by atoms with Crippen molar-refractivity contribution in [2.24, 2.45) is 13.0 Å². The van der Waals surface area contributed by atoms with Crippen molar-refractivity contribution in [2.75, 3.05) is 19.5 Å². The third kappa shape index (κ3) is 2.43. The van der Waals surface area contributed by atoms with Crippen molar-refractivity contribution in [1.29, 1.82) is 0 Å². The van der Waals surface area contributed by atoms with Gasteiger partial charge < -0.3 is 15.2 Å². The molecule has 1 aromatic heterocycles. The van der Waals surface area contributed by atoms with Gasteiger partial charge in [-0.3, -0.25) is 4.68 Å². The van der Waals surface area contributed by atoms with Crippen molar-refractivity contribution in [1.82, 2.24) is 9.78 Å². The molecule has 1 aromatic carbocycles. The summed E-state index contributed by atoms with van der Waals surface area (Å²) in [5.41, 5.74) is 7.91. The number of nitrogens with zero attached hydrogens (tertiary/aromatic N) is 2. The first-order valence-electron chi connectivity index (χ1n) is 6.77. The maximum atomic E-state index is 6.02. The summed E-state index contributed by atoms with van der Waals surface area (Å²) in [5.74, 6) is 2.85. The fourth-order valence-corrected chi connectivity index (χ4v) is 2.12. The molecule has 0 saturated heterocycles. The summed E-state index contributed by atoms with van der Waals surface area (Å²) >= 11 is 0. The number of hydrogen-bond acceptors (Lipinski definition) is 4. The molecule has 0 spiro atoms.